The Morgan fingerprint density at radius 2 is 2.18 bits per heavy atom. The van der Waals surface area contributed by atoms with Gasteiger partial charge in [-0.1, -0.05) is 6.42 Å². The minimum Gasteiger partial charge on any atom is -0.468 e. The lowest BCUT2D eigenvalue weighted by atomic mass is 10.2. The van der Waals surface area contributed by atoms with Crippen LogP contribution in [0, 0.1) is 0 Å². The molecule has 0 saturated heterocycles. The third-order valence-corrected chi connectivity index (χ3v) is 1.96. The second-order valence-corrected chi connectivity index (χ2v) is 3.08. The number of halogens is 2. The van der Waals surface area contributed by atoms with Gasteiger partial charge in [-0.25, -0.2) is 0 Å². The normalized spacial score (nSPS) is 12.6. The molecule has 0 rings (SSSR count). The van der Waals surface area contributed by atoms with E-state index in [4.69, 9.17) is 23.2 Å². The Labute approximate surface area is 76.8 Å². The van der Waals surface area contributed by atoms with Gasteiger partial charge in [0.15, 0.2) is 0 Å². The molecular weight excluding hydrogens is 187 g/mol. The summed E-state index contributed by atoms with van der Waals surface area (Å²) >= 11 is 11.1. The minimum absolute atomic E-state index is 0.360. The van der Waals surface area contributed by atoms with Crippen LogP contribution in [0.5, 0.6) is 0 Å². The zero-order chi connectivity index (χ0) is 8.69. The summed E-state index contributed by atoms with van der Waals surface area (Å²) in [6.45, 7) is 0. The summed E-state index contributed by atoms with van der Waals surface area (Å²) < 4.78 is 4.44. The average molecular weight is 199 g/mol. The number of alkyl halides is 2. The lowest BCUT2D eigenvalue weighted by Crippen LogP contribution is -2.15. The summed E-state index contributed by atoms with van der Waals surface area (Å²) in [5.74, 6) is 0.256. The number of esters is 1. The molecule has 1 atom stereocenters. The Morgan fingerprint density at radius 1 is 1.55 bits per heavy atom. The maximum Gasteiger partial charge on any atom is 0.323 e. The highest BCUT2D eigenvalue weighted by molar-refractivity contribution is 6.29. The summed E-state index contributed by atoms with van der Waals surface area (Å²) in [5.41, 5.74) is 0. The molecule has 4 heteroatoms. The van der Waals surface area contributed by atoms with E-state index in [1.54, 1.807) is 0 Å². The van der Waals surface area contributed by atoms with Crippen LogP contribution in [-0.4, -0.2) is 24.3 Å². The Balaban J connectivity index is 3.36. The molecule has 0 N–H and O–H groups in total. The van der Waals surface area contributed by atoms with Gasteiger partial charge in [0, 0.05) is 5.88 Å². The first kappa shape index (κ1) is 11.1. The summed E-state index contributed by atoms with van der Waals surface area (Å²) in [7, 11) is 1.33. The lowest BCUT2D eigenvalue weighted by Gasteiger charge is -2.04. The van der Waals surface area contributed by atoms with Crippen LogP contribution in [-0.2, 0) is 9.53 Å². The maximum atomic E-state index is 10.7. The third kappa shape index (κ3) is 5.33. The van der Waals surface area contributed by atoms with Crippen molar-refractivity contribution in [1.82, 2.24) is 0 Å². The number of unbranched alkanes of at least 4 members (excludes halogenated alkanes) is 1. The molecule has 2 nitrogen and oxygen atoms in total. The van der Waals surface area contributed by atoms with Crippen LogP contribution in [0.25, 0.3) is 0 Å². The zero-order valence-electron chi connectivity index (χ0n) is 6.48. The molecule has 11 heavy (non-hydrogen) atoms. The van der Waals surface area contributed by atoms with E-state index in [1.165, 1.54) is 7.11 Å². The molecule has 0 aromatic heterocycles. The molecule has 0 aliphatic rings. The quantitative estimate of drug-likeness (QED) is 0.385. The lowest BCUT2D eigenvalue weighted by molar-refractivity contribution is -0.140. The van der Waals surface area contributed by atoms with Gasteiger partial charge < -0.3 is 4.74 Å². The molecule has 0 aliphatic heterocycles. The first-order valence-corrected chi connectivity index (χ1v) is 4.47. The first-order valence-electron chi connectivity index (χ1n) is 3.50. The Bertz CT molecular complexity index is 117. The van der Waals surface area contributed by atoms with Gasteiger partial charge in [0.2, 0.25) is 0 Å². The second kappa shape index (κ2) is 6.74. The predicted octanol–water partition coefficient (Wildman–Crippen LogP) is 2.18. The molecule has 0 saturated carbocycles. The summed E-state index contributed by atoms with van der Waals surface area (Å²) in [4.78, 5) is 10.7. The zero-order valence-corrected chi connectivity index (χ0v) is 7.99. The second-order valence-electron chi connectivity index (χ2n) is 2.18. The molecule has 0 aliphatic carbocycles. The molecule has 0 fully saturated rings. The van der Waals surface area contributed by atoms with Crippen LogP contribution in [0.1, 0.15) is 19.3 Å². The van der Waals surface area contributed by atoms with Crippen LogP contribution in [0.15, 0.2) is 0 Å². The van der Waals surface area contributed by atoms with Crippen molar-refractivity contribution in [2.24, 2.45) is 0 Å². The SMILES string of the molecule is COC(=O)C(Cl)CCCCCl. The minimum atomic E-state index is -0.511. The monoisotopic (exact) mass is 198 g/mol. The predicted molar refractivity (Wildman–Crippen MR) is 46.2 cm³/mol. The van der Waals surface area contributed by atoms with E-state index in [2.05, 4.69) is 4.74 Å². The van der Waals surface area contributed by atoms with Crippen LogP contribution in [0.2, 0.25) is 0 Å². The van der Waals surface area contributed by atoms with Gasteiger partial charge in [-0.05, 0) is 12.8 Å². The fraction of sp³-hybridized carbons (Fsp3) is 0.857. The van der Waals surface area contributed by atoms with Crippen LogP contribution in [0.4, 0.5) is 0 Å². The topological polar surface area (TPSA) is 26.3 Å². The molecule has 0 heterocycles. The van der Waals surface area contributed by atoms with Crippen molar-refractivity contribution >= 4 is 29.2 Å². The van der Waals surface area contributed by atoms with Gasteiger partial charge >= 0.3 is 5.97 Å². The van der Waals surface area contributed by atoms with E-state index < -0.39 is 5.38 Å². The largest absolute Gasteiger partial charge is 0.468 e. The van der Waals surface area contributed by atoms with Gasteiger partial charge in [0.1, 0.15) is 5.38 Å². The van der Waals surface area contributed by atoms with Crippen molar-refractivity contribution in [1.29, 1.82) is 0 Å². The fourth-order valence-electron chi connectivity index (χ4n) is 0.664. The molecule has 0 bridgehead atoms. The van der Waals surface area contributed by atoms with Crippen molar-refractivity contribution < 1.29 is 9.53 Å². The number of ether oxygens (including phenoxy) is 1. The van der Waals surface area contributed by atoms with Crippen LogP contribution < -0.4 is 0 Å². The van der Waals surface area contributed by atoms with E-state index >= 15 is 0 Å². The Morgan fingerprint density at radius 3 is 2.64 bits per heavy atom. The number of hydrogen-bond donors (Lipinski definition) is 0. The highest BCUT2D eigenvalue weighted by Gasteiger charge is 2.14. The summed E-state index contributed by atoms with van der Waals surface area (Å²) in [6.07, 6.45) is 2.40. The molecule has 0 amide bonds. The number of hydrogen-bond acceptors (Lipinski definition) is 2. The van der Waals surface area contributed by atoms with Gasteiger partial charge in [-0.15, -0.1) is 23.2 Å². The molecular formula is C7H12Cl2O2. The van der Waals surface area contributed by atoms with Gasteiger partial charge in [-0.2, -0.15) is 0 Å². The molecule has 0 aromatic rings. The number of carbonyl (C=O) groups excluding carboxylic acids is 1. The average Bonchev–Trinajstić information content (AvgIpc) is 2.03. The van der Waals surface area contributed by atoms with Gasteiger partial charge in [0.25, 0.3) is 0 Å². The van der Waals surface area contributed by atoms with Crippen molar-refractivity contribution in [3.63, 3.8) is 0 Å². The van der Waals surface area contributed by atoms with Gasteiger partial charge in [-0.3, -0.25) is 4.79 Å². The number of methoxy groups -OCH3 is 1. The summed E-state index contributed by atoms with van der Waals surface area (Å²) in [6, 6.07) is 0. The van der Waals surface area contributed by atoms with E-state index in [1.807, 2.05) is 0 Å². The van der Waals surface area contributed by atoms with Crippen molar-refractivity contribution in [3.05, 3.63) is 0 Å². The highest BCUT2D eigenvalue weighted by atomic mass is 35.5. The Kier molecular flexibility index (Phi) is 6.77. The molecule has 0 radical (unpaired) electrons. The number of carbonyl (C=O) groups is 1. The molecule has 0 aromatic carbocycles. The standard InChI is InChI=1S/C7H12Cl2O2/c1-11-7(10)6(9)4-2-3-5-8/h6H,2-5H2,1H3. The third-order valence-electron chi connectivity index (χ3n) is 1.30. The van der Waals surface area contributed by atoms with E-state index in [0.29, 0.717) is 12.3 Å². The molecule has 66 valence electrons. The molecule has 0 spiro atoms. The van der Waals surface area contributed by atoms with E-state index in [-0.39, 0.29) is 5.97 Å². The smallest absolute Gasteiger partial charge is 0.323 e. The van der Waals surface area contributed by atoms with E-state index in [0.717, 1.165) is 12.8 Å². The summed E-state index contributed by atoms with van der Waals surface area (Å²) in [5, 5.41) is -0.511. The first-order chi connectivity index (χ1) is 5.22. The molecule has 1 unspecified atom stereocenters. The van der Waals surface area contributed by atoms with E-state index in [9.17, 15) is 4.79 Å². The van der Waals surface area contributed by atoms with Crippen molar-refractivity contribution in [2.45, 2.75) is 24.6 Å². The van der Waals surface area contributed by atoms with Crippen LogP contribution >= 0.6 is 23.2 Å². The maximum absolute atomic E-state index is 10.7. The number of rotatable bonds is 5. The van der Waals surface area contributed by atoms with Crippen molar-refractivity contribution in [2.75, 3.05) is 13.0 Å². The van der Waals surface area contributed by atoms with Crippen LogP contribution in [0.3, 0.4) is 0 Å². The van der Waals surface area contributed by atoms with Crippen molar-refractivity contribution in [3.8, 4) is 0 Å². The Hall–Kier alpha value is 0.0500. The van der Waals surface area contributed by atoms with Gasteiger partial charge in [0.05, 0.1) is 7.11 Å². The fourth-order valence-corrected chi connectivity index (χ4v) is 1.10. The highest BCUT2D eigenvalue weighted by Crippen LogP contribution is 2.09.